The molecule has 0 heterocycles. The van der Waals surface area contributed by atoms with E-state index in [0.717, 1.165) is 0 Å². The van der Waals surface area contributed by atoms with Crippen LogP contribution in [0.15, 0.2) is 48.6 Å². The summed E-state index contributed by atoms with van der Waals surface area (Å²) in [7, 11) is 0. The Balaban J connectivity index is 1.94. The molecule has 0 aromatic heterocycles. The summed E-state index contributed by atoms with van der Waals surface area (Å²) in [5.41, 5.74) is 12.4. The van der Waals surface area contributed by atoms with Crippen LogP contribution < -0.4 is 11.5 Å². The number of aromatic hydroxyl groups is 4. The fourth-order valence-electron chi connectivity index (χ4n) is 3.67. The first kappa shape index (κ1) is 30.2. The lowest BCUT2D eigenvalue weighted by molar-refractivity contribution is -0.127. The van der Waals surface area contributed by atoms with Crippen molar-refractivity contribution in [3.05, 3.63) is 59.7 Å². The molecule has 0 aliphatic rings. The van der Waals surface area contributed by atoms with Crippen LogP contribution in [-0.2, 0) is 9.59 Å². The van der Waals surface area contributed by atoms with Crippen LogP contribution in [0.1, 0.15) is 36.8 Å². The first-order chi connectivity index (χ1) is 18.2. The van der Waals surface area contributed by atoms with Crippen LogP contribution in [-0.4, -0.2) is 81.3 Å². The fourth-order valence-corrected chi connectivity index (χ4v) is 3.67. The standard InChI is InChI=1S/C28H38N4O6/c29-13-3-17-31(27(37)11-7-21-5-9-23(33)25(35)19-21)15-1-2-16-32(18-4-14-30)28(38)12-8-22-6-10-24(34)26(36)20-22/h5-12,19-20,33-36H,1-4,13-18,29-30H2/b11-7+,12-8+. The molecule has 0 aliphatic heterocycles. The molecule has 0 aliphatic carbocycles. The number of hydrogen-bond acceptors (Lipinski definition) is 8. The highest BCUT2D eigenvalue weighted by Gasteiger charge is 2.13. The van der Waals surface area contributed by atoms with Gasteiger partial charge in [0.25, 0.3) is 0 Å². The van der Waals surface area contributed by atoms with Crippen molar-refractivity contribution in [2.75, 3.05) is 39.3 Å². The lowest BCUT2D eigenvalue weighted by atomic mass is 10.1. The molecule has 0 saturated carbocycles. The van der Waals surface area contributed by atoms with Crippen LogP contribution in [0.5, 0.6) is 23.0 Å². The van der Waals surface area contributed by atoms with Gasteiger partial charge in [0.05, 0.1) is 0 Å². The summed E-state index contributed by atoms with van der Waals surface area (Å²) in [6.45, 7) is 2.88. The number of carbonyl (C=O) groups is 2. The molecule has 10 heteroatoms. The number of phenols is 4. The van der Waals surface area contributed by atoms with E-state index in [0.29, 0.717) is 76.1 Å². The molecule has 0 unspecified atom stereocenters. The molecule has 0 radical (unpaired) electrons. The van der Waals surface area contributed by atoms with E-state index in [2.05, 4.69) is 0 Å². The molecule has 2 aromatic rings. The molecule has 8 N–H and O–H groups in total. The highest BCUT2D eigenvalue weighted by Crippen LogP contribution is 2.26. The number of rotatable bonds is 15. The van der Waals surface area contributed by atoms with Crippen molar-refractivity contribution in [3.8, 4) is 23.0 Å². The van der Waals surface area contributed by atoms with Gasteiger partial charge in [0, 0.05) is 38.3 Å². The molecule has 0 fully saturated rings. The second-order valence-electron chi connectivity index (χ2n) is 8.81. The quantitative estimate of drug-likeness (QED) is 0.117. The third kappa shape index (κ3) is 10.2. The smallest absolute Gasteiger partial charge is 0.246 e. The zero-order valence-electron chi connectivity index (χ0n) is 21.5. The van der Waals surface area contributed by atoms with E-state index in [4.69, 9.17) is 11.5 Å². The van der Waals surface area contributed by atoms with Crippen molar-refractivity contribution < 1.29 is 30.0 Å². The van der Waals surface area contributed by atoms with E-state index in [1.807, 2.05) is 0 Å². The predicted molar refractivity (Wildman–Crippen MR) is 147 cm³/mol. The molecule has 38 heavy (non-hydrogen) atoms. The van der Waals surface area contributed by atoms with Gasteiger partial charge >= 0.3 is 0 Å². The van der Waals surface area contributed by atoms with Crippen LogP contribution in [0.3, 0.4) is 0 Å². The highest BCUT2D eigenvalue weighted by atomic mass is 16.3. The number of nitrogens with two attached hydrogens (primary N) is 2. The number of amides is 2. The van der Waals surface area contributed by atoms with Gasteiger partial charge in [-0.25, -0.2) is 0 Å². The van der Waals surface area contributed by atoms with E-state index < -0.39 is 0 Å². The summed E-state index contributed by atoms with van der Waals surface area (Å²) >= 11 is 0. The Morgan fingerprint density at radius 3 is 1.32 bits per heavy atom. The number of unbranched alkanes of at least 4 members (excludes halogenated alkanes) is 1. The summed E-state index contributed by atoms with van der Waals surface area (Å²) in [5.74, 6) is -1.36. The molecule has 206 valence electrons. The van der Waals surface area contributed by atoms with Crippen molar-refractivity contribution in [1.29, 1.82) is 0 Å². The summed E-state index contributed by atoms with van der Waals surface area (Å²) < 4.78 is 0. The SMILES string of the molecule is NCCCN(CCCCN(CCCN)C(=O)/C=C/c1ccc(O)c(O)c1)C(=O)/C=C/c1ccc(O)c(O)c1. The average molecular weight is 527 g/mol. The largest absolute Gasteiger partial charge is 0.504 e. The van der Waals surface area contributed by atoms with Gasteiger partial charge in [-0.2, -0.15) is 0 Å². The van der Waals surface area contributed by atoms with Crippen LogP contribution in [0.25, 0.3) is 12.2 Å². The van der Waals surface area contributed by atoms with Gasteiger partial charge in [-0.15, -0.1) is 0 Å². The Kier molecular flexibility index (Phi) is 12.7. The predicted octanol–water partition coefficient (Wildman–Crippen LogP) is 2.37. The monoisotopic (exact) mass is 526 g/mol. The van der Waals surface area contributed by atoms with Gasteiger partial charge in [-0.1, -0.05) is 12.1 Å². The number of nitrogens with zero attached hydrogens (tertiary/aromatic N) is 2. The van der Waals surface area contributed by atoms with Gasteiger partial charge in [0.2, 0.25) is 11.8 Å². The Hall–Kier alpha value is -4.02. The van der Waals surface area contributed by atoms with Gasteiger partial charge in [-0.05, 0) is 86.3 Å². The minimum Gasteiger partial charge on any atom is -0.504 e. The van der Waals surface area contributed by atoms with Crippen LogP contribution >= 0.6 is 0 Å². The maximum absolute atomic E-state index is 12.8. The minimum atomic E-state index is -0.260. The number of carbonyl (C=O) groups excluding carboxylic acids is 2. The fraction of sp³-hybridized carbons (Fsp3) is 0.357. The van der Waals surface area contributed by atoms with Crippen LogP contribution in [0, 0.1) is 0 Å². The molecule has 0 saturated heterocycles. The summed E-state index contributed by atoms with van der Waals surface area (Å²) in [6, 6.07) is 8.63. The highest BCUT2D eigenvalue weighted by molar-refractivity contribution is 5.92. The van der Waals surface area contributed by atoms with E-state index in [9.17, 15) is 30.0 Å². The Bertz CT molecular complexity index is 1030. The molecule has 2 aromatic carbocycles. The lowest BCUT2D eigenvalue weighted by Gasteiger charge is -2.24. The molecule has 0 bridgehead atoms. The summed E-state index contributed by atoms with van der Waals surface area (Å²) in [6.07, 6.45) is 8.64. The van der Waals surface area contributed by atoms with Crippen molar-refractivity contribution in [2.24, 2.45) is 11.5 Å². The van der Waals surface area contributed by atoms with Gasteiger partial charge in [0.1, 0.15) is 0 Å². The minimum absolute atomic E-state index is 0.192. The van der Waals surface area contributed by atoms with E-state index >= 15 is 0 Å². The summed E-state index contributed by atoms with van der Waals surface area (Å²) in [4.78, 5) is 29.0. The van der Waals surface area contributed by atoms with Gasteiger partial charge < -0.3 is 41.7 Å². The molecule has 10 nitrogen and oxygen atoms in total. The maximum atomic E-state index is 12.8. The van der Waals surface area contributed by atoms with E-state index in [1.54, 1.807) is 34.1 Å². The molecular formula is C28H38N4O6. The second-order valence-corrected chi connectivity index (χ2v) is 8.81. The van der Waals surface area contributed by atoms with Crippen molar-refractivity contribution in [1.82, 2.24) is 9.80 Å². The zero-order valence-corrected chi connectivity index (χ0v) is 21.5. The van der Waals surface area contributed by atoms with Gasteiger partial charge in [0.15, 0.2) is 23.0 Å². The molecule has 2 rings (SSSR count). The Morgan fingerprint density at radius 2 is 0.974 bits per heavy atom. The molecule has 0 spiro atoms. The Labute approximate surface area is 223 Å². The maximum Gasteiger partial charge on any atom is 0.246 e. The Morgan fingerprint density at radius 1 is 0.605 bits per heavy atom. The number of phenolic OH excluding ortho intramolecular Hbond substituents is 4. The van der Waals surface area contributed by atoms with Gasteiger partial charge in [-0.3, -0.25) is 9.59 Å². The van der Waals surface area contributed by atoms with Crippen molar-refractivity contribution in [3.63, 3.8) is 0 Å². The third-order valence-electron chi connectivity index (χ3n) is 5.83. The third-order valence-corrected chi connectivity index (χ3v) is 5.83. The van der Waals surface area contributed by atoms with E-state index in [-0.39, 0.29) is 34.8 Å². The molecule has 0 atom stereocenters. The normalized spacial score (nSPS) is 11.3. The second kappa shape index (κ2) is 16.0. The topological polar surface area (TPSA) is 174 Å². The first-order valence-corrected chi connectivity index (χ1v) is 12.6. The van der Waals surface area contributed by atoms with Crippen LogP contribution in [0.2, 0.25) is 0 Å². The molecular weight excluding hydrogens is 488 g/mol. The van der Waals surface area contributed by atoms with Crippen molar-refractivity contribution >= 4 is 24.0 Å². The lowest BCUT2D eigenvalue weighted by Crippen LogP contribution is -2.35. The number of hydrogen-bond donors (Lipinski definition) is 6. The average Bonchev–Trinajstić information content (AvgIpc) is 2.90. The van der Waals surface area contributed by atoms with E-state index in [1.165, 1.54) is 36.4 Å². The van der Waals surface area contributed by atoms with Crippen LogP contribution in [0.4, 0.5) is 0 Å². The summed E-state index contributed by atoms with van der Waals surface area (Å²) in [5, 5.41) is 38.1. The zero-order chi connectivity index (χ0) is 27.9. The molecule has 2 amide bonds. The number of benzene rings is 2. The van der Waals surface area contributed by atoms with Crippen molar-refractivity contribution in [2.45, 2.75) is 25.7 Å². The first-order valence-electron chi connectivity index (χ1n) is 12.6.